The number of likely N-dealkylation sites (tertiary alicyclic amines) is 1. The number of nitrogens with one attached hydrogen (secondary N) is 4. The van der Waals surface area contributed by atoms with Gasteiger partial charge in [0.05, 0.1) is 65.1 Å². The minimum atomic E-state index is -0.870. The largest absolute Gasteiger partial charge is 0.453 e. The van der Waals surface area contributed by atoms with Crippen LogP contribution in [0.3, 0.4) is 0 Å². The lowest BCUT2D eigenvalue weighted by Crippen LogP contribution is -2.55. The molecule has 0 saturated carbocycles. The Morgan fingerprint density at radius 1 is 0.759 bits per heavy atom. The molecule has 5 atom stereocenters. The smallest absolute Gasteiger partial charge is 0.410 e. The number of alkyl carbamates (subject to hydrolysis) is 2. The van der Waals surface area contributed by atoms with E-state index in [1.807, 2.05) is 52.0 Å². The van der Waals surface area contributed by atoms with Gasteiger partial charge in [-0.15, -0.1) is 0 Å². The van der Waals surface area contributed by atoms with Gasteiger partial charge in [0.1, 0.15) is 29.8 Å². The van der Waals surface area contributed by atoms with Crippen molar-refractivity contribution in [2.75, 3.05) is 47.6 Å². The maximum Gasteiger partial charge on any atom is 0.410 e. The summed E-state index contributed by atoms with van der Waals surface area (Å²) in [6, 6.07) is 13.9. The highest BCUT2D eigenvalue weighted by Crippen LogP contribution is 2.34. The fourth-order valence-electron chi connectivity index (χ4n) is 7.69. The number of H-pyrrole nitrogens is 1. The number of aromatic amines is 1. The molecule has 2 aromatic carbocycles. The van der Waals surface area contributed by atoms with E-state index in [0.717, 1.165) is 40.8 Å². The predicted molar refractivity (Wildman–Crippen MR) is 214 cm³/mol. The van der Waals surface area contributed by atoms with Crippen molar-refractivity contribution in [3.63, 3.8) is 0 Å². The standard InChI is InChI=1S/C41H53N9O8/c1-23(2)33(46-39(53)56-5)37(51)49-18-8-9-31(49)35-42-19-29(44-35)27-14-10-25(11-15-27)26-12-16-28(17-13-26)30-20-43-36(45-30)32-21-48(41(55)58-7)22-50(32)38(52)34(24(3)4)47-40(54)57-6/h10-17,19,23-24,30-34H,8-9,18,20-22H2,1-7H3,(H,42,44)(H,43,45)(H,46,53)(H,47,54)/t30?,31-,32-,33-,34-/m0/s1. The van der Waals surface area contributed by atoms with Crippen LogP contribution in [-0.4, -0.2) is 126 Å². The van der Waals surface area contributed by atoms with Gasteiger partial charge in [-0.05, 0) is 46.9 Å². The van der Waals surface area contributed by atoms with Crippen molar-refractivity contribution in [3.05, 3.63) is 66.1 Å². The third kappa shape index (κ3) is 8.87. The second kappa shape index (κ2) is 18.0. The number of methoxy groups -OCH3 is 3. The lowest BCUT2D eigenvalue weighted by atomic mass is 9.99. The normalized spacial score (nSPS) is 20.1. The summed E-state index contributed by atoms with van der Waals surface area (Å²) < 4.78 is 14.5. The molecule has 17 heteroatoms. The van der Waals surface area contributed by atoms with E-state index in [1.165, 1.54) is 26.2 Å². The highest BCUT2D eigenvalue weighted by Gasteiger charge is 2.44. The number of rotatable bonds is 11. The van der Waals surface area contributed by atoms with Crippen LogP contribution >= 0.6 is 0 Å². The molecule has 3 aliphatic heterocycles. The van der Waals surface area contributed by atoms with Gasteiger partial charge >= 0.3 is 18.3 Å². The van der Waals surface area contributed by atoms with E-state index >= 15 is 0 Å². The van der Waals surface area contributed by atoms with E-state index in [9.17, 15) is 24.0 Å². The third-order valence-corrected chi connectivity index (χ3v) is 11.0. The highest BCUT2D eigenvalue weighted by atomic mass is 16.5. The number of imidazole rings is 1. The number of benzene rings is 2. The molecule has 2 saturated heterocycles. The van der Waals surface area contributed by atoms with Gasteiger partial charge in [0.25, 0.3) is 0 Å². The quantitative estimate of drug-likeness (QED) is 0.201. The van der Waals surface area contributed by atoms with E-state index < -0.39 is 36.4 Å². The van der Waals surface area contributed by atoms with E-state index in [2.05, 4.69) is 50.2 Å². The Kier molecular flexibility index (Phi) is 12.9. The first-order valence-corrected chi connectivity index (χ1v) is 19.5. The first-order chi connectivity index (χ1) is 27.8. The summed E-state index contributed by atoms with van der Waals surface area (Å²) in [5, 5.41) is 8.79. The van der Waals surface area contributed by atoms with Gasteiger partial charge in [-0.2, -0.15) is 0 Å². The summed E-state index contributed by atoms with van der Waals surface area (Å²) in [7, 11) is 3.81. The van der Waals surface area contributed by atoms with Crippen LogP contribution in [0.4, 0.5) is 14.4 Å². The van der Waals surface area contributed by atoms with Crippen molar-refractivity contribution in [1.29, 1.82) is 0 Å². The summed E-state index contributed by atoms with van der Waals surface area (Å²) in [5.74, 6) is 0.415. The lowest BCUT2D eigenvalue weighted by molar-refractivity contribution is -0.136. The molecule has 0 spiro atoms. The topological polar surface area (TPSA) is 200 Å². The van der Waals surface area contributed by atoms with E-state index in [1.54, 1.807) is 16.0 Å². The average molecular weight is 800 g/mol. The molecule has 1 unspecified atom stereocenters. The van der Waals surface area contributed by atoms with E-state index in [4.69, 9.17) is 19.2 Å². The van der Waals surface area contributed by atoms with Crippen LogP contribution in [0.1, 0.15) is 64.0 Å². The molecule has 3 aliphatic rings. The van der Waals surface area contributed by atoms with Crippen LogP contribution < -0.4 is 16.0 Å². The molecule has 58 heavy (non-hydrogen) atoms. The van der Waals surface area contributed by atoms with Crippen LogP contribution in [0.25, 0.3) is 22.4 Å². The second-order valence-electron chi connectivity index (χ2n) is 15.4. The molecule has 6 rings (SSSR count). The van der Waals surface area contributed by atoms with Crippen LogP contribution in [0.5, 0.6) is 0 Å². The molecule has 3 aromatic rings. The van der Waals surface area contributed by atoms with Gasteiger partial charge in [-0.3, -0.25) is 19.5 Å². The fraction of sp³-hybridized carbons (Fsp3) is 0.488. The summed E-state index contributed by atoms with van der Waals surface area (Å²) in [4.78, 5) is 81.5. The number of carbonyl (C=O) groups excluding carboxylic acids is 5. The summed E-state index contributed by atoms with van der Waals surface area (Å²) in [6.07, 6.45) is 1.47. The van der Waals surface area contributed by atoms with Gasteiger partial charge in [-0.1, -0.05) is 76.2 Å². The van der Waals surface area contributed by atoms with Crippen molar-refractivity contribution < 1.29 is 38.2 Å². The van der Waals surface area contributed by atoms with Crippen molar-refractivity contribution >= 4 is 35.9 Å². The lowest BCUT2D eigenvalue weighted by Gasteiger charge is -2.30. The van der Waals surface area contributed by atoms with E-state index in [0.29, 0.717) is 24.7 Å². The minimum Gasteiger partial charge on any atom is -0.453 e. The molecule has 0 bridgehead atoms. The van der Waals surface area contributed by atoms with Gasteiger partial charge in [0, 0.05) is 6.54 Å². The number of carbonyl (C=O) groups is 5. The molecule has 2 fully saturated rings. The molecule has 1 aromatic heterocycles. The zero-order chi connectivity index (χ0) is 41.7. The zero-order valence-corrected chi connectivity index (χ0v) is 34.0. The monoisotopic (exact) mass is 799 g/mol. The van der Waals surface area contributed by atoms with Crippen LogP contribution in [0.15, 0.2) is 59.7 Å². The number of aromatic nitrogens is 2. The number of nitrogens with zero attached hydrogens (tertiary/aromatic N) is 5. The van der Waals surface area contributed by atoms with Crippen molar-refractivity contribution in [3.8, 4) is 22.4 Å². The number of hydrogen-bond acceptors (Lipinski definition) is 11. The number of hydrogen-bond donors (Lipinski definition) is 4. The number of amides is 5. The molecular formula is C41H53N9O8. The Hall–Kier alpha value is -6.13. The Morgan fingerprint density at radius 2 is 1.33 bits per heavy atom. The third-order valence-electron chi connectivity index (χ3n) is 11.0. The van der Waals surface area contributed by atoms with E-state index in [-0.39, 0.29) is 48.9 Å². The Labute approximate surface area is 337 Å². The highest BCUT2D eigenvalue weighted by molar-refractivity contribution is 5.96. The molecular weight excluding hydrogens is 747 g/mol. The van der Waals surface area contributed by atoms with Gasteiger partial charge in [-0.25, -0.2) is 19.4 Å². The van der Waals surface area contributed by atoms with Gasteiger partial charge in [0.15, 0.2) is 0 Å². The Bertz CT molecular complexity index is 2000. The van der Waals surface area contributed by atoms with Gasteiger partial charge in [0.2, 0.25) is 11.8 Å². The zero-order valence-electron chi connectivity index (χ0n) is 34.0. The maximum atomic E-state index is 13.8. The summed E-state index contributed by atoms with van der Waals surface area (Å²) in [5.41, 5.74) is 4.86. The first-order valence-electron chi connectivity index (χ1n) is 19.5. The van der Waals surface area contributed by atoms with Crippen molar-refractivity contribution in [2.45, 2.75) is 70.7 Å². The molecule has 0 aliphatic carbocycles. The second-order valence-corrected chi connectivity index (χ2v) is 15.4. The molecule has 0 radical (unpaired) electrons. The molecule has 5 amide bonds. The summed E-state index contributed by atoms with van der Waals surface area (Å²) in [6.45, 7) is 8.62. The first kappa shape index (κ1) is 41.5. The van der Waals surface area contributed by atoms with Crippen LogP contribution in [0, 0.1) is 11.8 Å². The van der Waals surface area contributed by atoms with Crippen LogP contribution in [-0.2, 0) is 23.8 Å². The fourth-order valence-corrected chi connectivity index (χ4v) is 7.69. The number of aliphatic imine (C=N–C) groups is 1. The summed E-state index contributed by atoms with van der Waals surface area (Å²) >= 11 is 0. The van der Waals surface area contributed by atoms with Gasteiger partial charge < -0.3 is 44.9 Å². The van der Waals surface area contributed by atoms with Crippen molar-refractivity contribution in [1.82, 2.24) is 40.6 Å². The SMILES string of the molecule is COC(=O)N[C@H](C(=O)N1CN(C(=O)OC)C[C@H]1C1=NCC(c2ccc(-c3ccc(-c4cnc([C@@H]5CCCN5C(=O)[C@@H](NC(=O)OC)C(C)C)[nH]4)cc3)cc2)N1)C(C)C. The molecule has 4 N–H and O–H groups in total. The molecule has 4 heterocycles. The Balaban J connectivity index is 1.10. The number of ether oxygens (including phenoxy) is 3. The minimum absolute atomic E-state index is 0.0146. The van der Waals surface area contributed by atoms with Crippen LogP contribution in [0.2, 0.25) is 0 Å². The molecule has 310 valence electrons. The van der Waals surface area contributed by atoms with Crippen molar-refractivity contribution in [2.24, 2.45) is 16.8 Å². The predicted octanol–water partition coefficient (Wildman–Crippen LogP) is 4.45. The molecule has 17 nitrogen and oxygen atoms in total. The maximum absolute atomic E-state index is 13.8. The average Bonchev–Trinajstić information content (AvgIpc) is 4.07. The Morgan fingerprint density at radius 3 is 1.90 bits per heavy atom. The number of amidine groups is 1.